The summed E-state index contributed by atoms with van der Waals surface area (Å²) >= 11 is 0. The van der Waals surface area contributed by atoms with Gasteiger partial charge in [0, 0.05) is 0 Å². The van der Waals surface area contributed by atoms with E-state index in [2.05, 4.69) is 6.92 Å². The highest BCUT2D eigenvalue weighted by Gasteiger charge is 2.11. The highest BCUT2D eigenvalue weighted by Crippen LogP contribution is 2.18. The van der Waals surface area contributed by atoms with Crippen LogP contribution in [-0.4, -0.2) is 5.97 Å². The van der Waals surface area contributed by atoms with E-state index in [1.54, 1.807) is 36.4 Å². The third-order valence-corrected chi connectivity index (χ3v) is 3.47. The standard InChI is InChI=1S/C19H19NO2/c1-2-3-4-7-15-10-12-16(13-11-15)19(21)22-18-9-6-5-8-17(18)14-20/h5-6,8-13H,2-4,7H2,1H3. The summed E-state index contributed by atoms with van der Waals surface area (Å²) in [7, 11) is 0. The Morgan fingerprint density at radius 2 is 1.82 bits per heavy atom. The van der Waals surface area contributed by atoms with Crippen LogP contribution >= 0.6 is 0 Å². The highest BCUT2D eigenvalue weighted by atomic mass is 16.5. The van der Waals surface area contributed by atoms with Crippen LogP contribution in [0.5, 0.6) is 5.75 Å². The highest BCUT2D eigenvalue weighted by molar-refractivity contribution is 5.91. The van der Waals surface area contributed by atoms with Crippen LogP contribution in [-0.2, 0) is 6.42 Å². The molecule has 0 aromatic heterocycles. The minimum atomic E-state index is -0.442. The Labute approximate surface area is 131 Å². The lowest BCUT2D eigenvalue weighted by Gasteiger charge is -2.06. The minimum absolute atomic E-state index is 0.294. The van der Waals surface area contributed by atoms with Gasteiger partial charge in [-0.3, -0.25) is 0 Å². The number of nitriles is 1. The van der Waals surface area contributed by atoms with Crippen LogP contribution in [0.15, 0.2) is 48.5 Å². The number of carbonyl (C=O) groups excluding carboxylic acids is 1. The molecule has 2 aromatic carbocycles. The van der Waals surface area contributed by atoms with Gasteiger partial charge in [0.2, 0.25) is 0 Å². The molecule has 0 amide bonds. The Kier molecular flexibility index (Phi) is 5.73. The van der Waals surface area contributed by atoms with Crippen LogP contribution in [0.2, 0.25) is 0 Å². The predicted molar refractivity (Wildman–Crippen MR) is 85.8 cm³/mol. The van der Waals surface area contributed by atoms with Gasteiger partial charge in [0.15, 0.2) is 0 Å². The van der Waals surface area contributed by atoms with Gasteiger partial charge in [-0.1, -0.05) is 44.0 Å². The van der Waals surface area contributed by atoms with E-state index < -0.39 is 5.97 Å². The molecule has 0 radical (unpaired) electrons. The fourth-order valence-electron chi connectivity index (χ4n) is 2.19. The fourth-order valence-corrected chi connectivity index (χ4v) is 2.19. The molecule has 3 nitrogen and oxygen atoms in total. The number of esters is 1. The zero-order valence-electron chi connectivity index (χ0n) is 12.7. The van der Waals surface area contributed by atoms with Crippen molar-refractivity contribution < 1.29 is 9.53 Å². The molecule has 0 saturated heterocycles. The number of para-hydroxylation sites is 1. The molecule has 0 heterocycles. The smallest absolute Gasteiger partial charge is 0.343 e. The first-order valence-electron chi connectivity index (χ1n) is 7.55. The Balaban J connectivity index is 2.02. The van der Waals surface area contributed by atoms with E-state index in [1.807, 2.05) is 18.2 Å². The predicted octanol–water partition coefficient (Wildman–Crippen LogP) is 4.51. The maximum atomic E-state index is 12.1. The zero-order valence-corrected chi connectivity index (χ0v) is 12.7. The molecule has 2 rings (SSSR count). The molecule has 0 aliphatic rings. The molecule has 0 atom stereocenters. The number of ether oxygens (including phenoxy) is 1. The minimum Gasteiger partial charge on any atom is -0.422 e. The monoisotopic (exact) mass is 293 g/mol. The SMILES string of the molecule is CCCCCc1ccc(C(=O)Oc2ccccc2C#N)cc1. The second kappa shape index (κ2) is 7.99. The van der Waals surface area contributed by atoms with Gasteiger partial charge in [0.05, 0.1) is 11.1 Å². The average molecular weight is 293 g/mol. The number of benzene rings is 2. The summed E-state index contributed by atoms with van der Waals surface area (Å²) in [4.78, 5) is 12.1. The van der Waals surface area contributed by atoms with Gasteiger partial charge in [-0.2, -0.15) is 5.26 Å². The molecule has 3 heteroatoms. The van der Waals surface area contributed by atoms with Crippen LogP contribution in [0.3, 0.4) is 0 Å². The fraction of sp³-hybridized carbons (Fsp3) is 0.263. The van der Waals surface area contributed by atoms with E-state index in [9.17, 15) is 4.79 Å². The summed E-state index contributed by atoms with van der Waals surface area (Å²) < 4.78 is 5.30. The molecule has 0 aliphatic carbocycles. The normalized spacial score (nSPS) is 10.0. The summed E-state index contributed by atoms with van der Waals surface area (Å²) in [6, 6.07) is 16.2. The zero-order chi connectivity index (χ0) is 15.8. The van der Waals surface area contributed by atoms with E-state index in [4.69, 9.17) is 10.00 Å². The molecule has 0 bridgehead atoms. The molecular formula is C19H19NO2. The maximum absolute atomic E-state index is 12.1. The number of unbranched alkanes of at least 4 members (excludes halogenated alkanes) is 2. The Hall–Kier alpha value is -2.60. The first-order chi connectivity index (χ1) is 10.7. The molecule has 2 aromatic rings. The number of hydrogen-bond acceptors (Lipinski definition) is 3. The van der Waals surface area contributed by atoms with Crippen molar-refractivity contribution in [2.75, 3.05) is 0 Å². The first-order valence-corrected chi connectivity index (χ1v) is 7.55. The van der Waals surface area contributed by atoms with Crippen molar-refractivity contribution in [3.8, 4) is 11.8 Å². The van der Waals surface area contributed by atoms with Crippen molar-refractivity contribution in [3.63, 3.8) is 0 Å². The summed E-state index contributed by atoms with van der Waals surface area (Å²) in [6.07, 6.45) is 4.60. The van der Waals surface area contributed by atoms with Gasteiger partial charge in [-0.15, -0.1) is 0 Å². The van der Waals surface area contributed by atoms with E-state index in [0.29, 0.717) is 16.9 Å². The van der Waals surface area contributed by atoms with Crippen LogP contribution < -0.4 is 4.74 Å². The van der Waals surface area contributed by atoms with Gasteiger partial charge >= 0.3 is 5.97 Å². The summed E-state index contributed by atoms with van der Waals surface area (Å²) in [5.41, 5.74) is 2.07. The number of hydrogen-bond donors (Lipinski definition) is 0. The molecular weight excluding hydrogens is 274 g/mol. The Morgan fingerprint density at radius 1 is 1.09 bits per heavy atom. The summed E-state index contributed by atoms with van der Waals surface area (Å²) in [5.74, 6) is -0.148. The summed E-state index contributed by atoms with van der Waals surface area (Å²) in [6.45, 7) is 2.18. The Bertz CT molecular complexity index is 669. The number of aryl methyl sites for hydroxylation is 1. The van der Waals surface area contributed by atoms with Crippen LogP contribution in [0, 0.1) is 11.3 Å². The van der Waals surface area contributed by atoms with E-state index in [0.717, 1.165) is 12.8 Å². The number of rotatable bonds is 6. The van der Waals surface area contributed by atoms with Crippen LogP contribution in [0.25, 0.3) is 0 Å². The molecule has 0 aliphatic heterocycles. The topological polar surface area (TPSA) is 50.1 Å². The van der Waals surface area contributed by atoms with Crippen molar-refractivity contribution >= 4 is 5.97 Å². The second-order valence-corrected chi connectivity index (χ2v) is 5.15. The molecule has 0 fully saturated rings. The lowest BCUT2D eigenvalue weighted by Crippen LogP contribution is -2.09. The third kappa shape index (κ3) is 4.20. The van der Waals surface area contributed by atoms with Crippen molar-refractivity contribution in [2.45, 2.75) is 32.6 Å². The van der Waals surface area contributed by atoms with E-state index in [1.165, 1.54) is 18.4 Å². The lowest BCUT2D eigenvalue weighted by molar-refractivity contribution is 0.0734. The number of carbonyl (C=O) groups is 1. The molecule has 0 saturated carbocycles. The van der Waals surface area contributed by atoms with Gasteiger partial charge in [-0.25, -0.2) is 4.79 Å². The van der Waals surface area contributed by atoms with Crippen molar-refractivity contribution in [3.05, 3.63) is 65.2 Å². The molecule has 112 valence electrons. The van der Waals surface area contributed by atoms with Crippen LogP contribution in [0.1, 0.15) is 47.7 Å². The maximum Gasteiger partial charge on any atom is 0.343 e. The van der Waals surface area contributed by atoms with Gasteiger partial charge in [0.1, 0.15) is 11.8 Å². The van der Waals surface area contributed by atoms with Crippen molar-refractivity contribution in [1.29, 1.82) is 5.26 Å². The molecule has 0 spiro atoms. The van der Waals surface area contributed by atoms with Crippen molar-refractivity contribution in [2.24, 2.45) is 0 Å². The molecule has 22 heavy (non-hydrogen) atoms. The lowest BCUT2D eigenvalue weighted by atomic mass is 10.1. The molecule has 0 N–H and O–H groups in total. The second-order valence-electron chi connectivity index (χ2n) is 5.15. The quantitative estimate of drug-likeness (QED) is 0.447. The van der Waals surface area contributed by atoms with E-state index >= 15 is 0 Å². The average Bonchev–Trinajstić information content (AvgIpc) is 2.56. The number of nitrogens with zero attached hydrogens (tertiary/aromatic N) is 1. The first kappa shape index (κ1) is 15.8. The van der Waals surface area contributed by atoms with Gasteiger partial charge < -0.3 is 4.74 Å². The molecule has 0 unspecified atom stereocenters. The van der Waals surface area contributed by atoms with Gasteiger partial charge in [-0.05, 0) is 42.7 Å². The van der Waals surface area contributed by atoms with E-state index in [-0.39, 0.29) is 0 Å². The van der Waals surface area contributed by atoms with Crippen LogP contribution in [0.4, 0.5) is 0 Å². The Morgan fingerprint density at radius 3 is 2.50 bits per heavy atom. The largest absolute Gasteiger partial charge is 0.422 e. The van der Waals surface area contributed by atoms with Gasteiger partial charge in [0.25, 0.3) is 0 Å². The summed E-state index contributed by atoms with van der Waals surface area (Å²) in [5, 5.41) is 9.00. The third-order valence-electron chi connectivity index (χ3n) is 3.47. The van der Waals surface area contributed by atoms with Crippen molar-refractivity contribution in [1.82, 2.24) is 0 Å².